The molecule has 90 valence electrons. The van der Waals surface area contributed by atoms with Crippen molar-refractivity contribution in [1.82, 2.24) is 5.32 Å². The predicted molar refractivity (Wildman–Crippen MR) is 65.4 cm³/mol. The van der Waals surface area contributed by atoms with Gasteiger partial charge < -0.3 is 10.2 Å². The molecule has 1 saturated heterocycles. The molecule has 17 heavy (non-hydrogen) atoms. The van der Waals surface area contributed by atoms with Crippen LogP contribution in [0.2, 0.25) is 0 Å². The minimum atomic E-state index is -0.259. The minimum absolute atomic E-state index is 0.259. The van der Waals surface area contributed by atoms with E-state index in [1.165, 1.54) is 12.1 Å². The van der Waals surface area contributed by atoms with Crippen molar-refractivity contribution in [1.29, 1.82) is 5.26 Å². The van der Waals surface area contributed by atoms with Gasteiger partial charge in [-0.1, -0.05) is 0 Å². The molecule has 1 fully saturated rings. The van der Waals surface area contributed by atoms with E-state index in [0.717, 1.165) is 25.9 Å². The van der Waals surface area contributed by atoms with Crippen LogP contribution in [0.4, 0.5) is 10.1 Å². The highest BCUT2D eigenvalue weighted by Gasteiger charge is 2.20. The van der Waals surface area contributed by atoms with E-state index in [0.29, 0.717) is 17.3 Å². The SMILES string of the molecule is CN(c1cc(C#N)ccc1F)C1CCNCC1. The van der Waals surface area contributed by atoms with Crippen LogP contribution >= 0.6 is 0 Å². The lowest BCUT2D eigenvalue weighted by Gasteiger charge is -2.33. The highest BCUT2D eigenvalue weighted by atomic mass is 19.1. The highest BCUT2D eigenvalue weighted by Crippen LogP contribution is 2.24. The molecule has 0 saturated carbocycles. The van der Waals surface area contributed by atoms with Gasteiger partial charge in [-0.25, -0.2) is 4.39 Å². The Hall–Kier alpha value is -1.60. The van der Waals surface area contributed by atoms with E-state index in [2.05, 4.69) is 5.32 Å². The van der Waals surface area contributed by atoms with E-state index in [9.17, 15) is 4.39 Å². The topological polar surface area (TPSA) is 39.1 Å². The van der Waals surface area contributed by atoms with E-state index in [4.69, 9.17) is 5.26 Å². The van der Waals surface area contributed by atoms with Gasteiger partial charge in [0.15, 0.2) is 0 Å². The van der Waals surface area contributed by atoms with Crippen LogP contribution in [0.25, 0.3) is 0 Å². The van der Waals surface area contributed by atoms with Crippen LogP contribution in [0.1, 0.15) is 18.4 Å². The molecule has 1 aromatic rings. The molecular formula is C13H16FN3. The van der Waals surface area contributed by atoms with Crippen LogP contribution in [0.3, 0.4) is 0 Å². The molecule has 1 N–H and O–H groups in total. The van der Waals surface area contributed by atoms with Gasteiger partial charge in [-0.3, -0.25) is 0 Å². The highest BCUT2D eigenvalue weighted by molar-refractivity contribution is 5.53. The Morgan fingerprint density at radius 1 is 1.41 bits per heavy atom. The lowest BCUT2D eigenvalue weighted by Crippen LogP contribution is -2.41. The van der Waals surface area contributed by atoms with Gasteiger partial charge in [0.2, 0.25) is 0 Å². The molecule has 1 aromatic carbocycles. The Labute approximate surface area is 101 Å². The molecule has 0 aliphatic carbocycles. The average Bonchev–Trinajstić information content (AvgIpc) is 2.39. The van der Waals surface area contributed by atoms with Gasteiger partial charge in [0, 0.05) is 13.1 Å². The zero-order chi connectivity index (χ0) is 12.3. The van der Waals surface area contributed by atoms with Crippen LogP contribution in [-0.4, -0.2) is 26.2 Å². The summed E-state index contributed by atoms with van der Waals surface area (Å²) in [5, 5.41) is 12.1. The van der Waals surface area contributed by atoms with E-state index < -0.39 is 0 Å². The van der Waals surface area contributed by atoms with Crippen molar-refractivity contribution < 1.29 is 4.39 Å². The molecule has 0 unspecified atom stereocenters. The van der Waals surface area contributed by atoms with E-state index in [1.54, 1.807) is 6.07 Å². The first kappa shape index (κ1) is 11.9. The molecule has 0 radical (unpaired) electrons. The number of nitriles is 1. The maximum atomic E-state index is 13.7. The van der Waals surface area contributed by atoms with E-state index in [-0.39, 0.29) is 5.82 Å². The molecule has 1 aliphatic rings. The third-order valence-electron chi connectivity index (χ3n) is 3.31. The van der Waals surface area contributed by atoms with E-state index >= 15 is 0 Å². The molecule has 4 heteroatoms. The summed E-state index contributed by atoms with van der Waals surface area (Å²) in [5.74, 6) is -0.259. The Balaban J connectivity index is 2.23. The van der Waals surface area contributed by atoms with Crippen LogP contribution in [0, 0.1) is 17.1 Å². The van der Waals surface area contributed by atoms with Crippen molar-refractivity contribution in [2.24, 2.45) is 0 Å². The maximum Gasteiger partial charge on any atom is 0.146 e. The predicted octanol–water partition coefficient (Wildman–Crippen LogP) is 1.89. The summed E-state index contributed by atoms with van der Waals surface area (Å²) in [7, 11) is 1.90. The lowest BCUT2D eigenvalue weighted by molar-refractivity contribution is 0.440. The molecule has 1 aliphatic heterocycles. The molecule has 3 nitrogen and oxygen atoms in total. The Morgan fingerprint density at radius 2 is 2.12 bits per heavy atom. The third kappa shape index (κ3) is 2.56. The monoisotopic (exact) mass is 233 g/mol. The van der Waals surface area contributed by atoms with Gasteiger partial charge >= 0.3 is 0 Å². The first-order chi connectivity index (χ1) is 8.22. The van der Waals surface area contributed by atoms with Gasteiger partial charge in [0.1, 0.15) is 5.82 Å². The summed E-state index contributed by atoms with van der Waals surface area (Å²) in [6.45, 7) is 1.93. The van der Waals surface area contributed by atoms with Crippen molar-refractivity contribution in [2.75, 3.05) is 25.0 Å². The summed E-state index contributed by atoms with van der Waals surface area (Å²) >= 11 is 0. The first-order valence-corrected chi connectivity index (χ1v) is 5.85. The van der Waals surface area contributed by atoms with Crippen molar-refractivity contribution in [2.45, 2.75) is 18.9 Å². The largest absolute Gasteiger partial charge is 0.369 e. The fraction of sp³-hybridized carbons (Fsp3) is 0.462. The standard InChI is InChI=1S/C13H16FN3/c1-17(11-4-6-16-7-5-11)13-8-10(9-15)2-3-12(13)14/h2-3,8,11,16H,4-7H2,1H3. The number of halogens is 1. The fourth-order valence-corrected chi connectivity index (χ4v) is 2.24. The molecular weight excluding hydrogens is 217 g/mol. The summed E-state index contributed by atoms with van der Waals surface area (Å²) in [6, 6.07) is 6.89. The first-order valence-electron chi connectivity index (χ1n) is 5.85. The van der Waals surface area contributed by atoms with Gasteiger partial charge in [-0.15, -0.1) is 0 Å². The normalized spacial score (nSPS) is 16.5. The van der Waals surface area contributed by atoms with Gasteiger partial charge in [-0.05, 0) is 44.1 Å². The summed E-state index contributed by atoms with van der Waals surface area (Å²) in [5.41, 5.74) is 1.03. The molecule has 2 rings (SSSR count). The van der Waals surface area contributed by atoms with Crippen molar-refractivity contribution in [3.63, 3.8) is 0 Å². The number of anilines is 1. The minimum Gasteiger partial charge on any atom is -0.369 e. The smallest absolute Gasteiger partial charge is 0.146 e. The number of rotatable bonds is 2. The van der Waals surface area contributed by atoms with Gasteiger partial charge in [0.25, 0.3) is 0 Å². The second-order valence-corrected chi connectivity index (χ2v) is 4.37. The van der Waals surface area contributed by atoms with Crippen molar-refractivity contribution in [3.05, 3.63) is 29.6 Å². The fourth-order valence-electron chi connectivity index (χ4n) is 2.24. The second-order valence-electron chi connectivity index (χ2n) is 4.37. The van der Waals surface area contributed by atoms with Crippen LogP contribution < -0.4 is 10.2 Å². The maximum absolute atomic E-state index is 13.7. The number of piperidine rings is 1. The van der Waals surface area contributed by atoms with Crippen molar-refractivity contribution in [3.8, 4) is 6.07 Å². The lowest BCUT2D eigenvalue weighted by atomic mass is 10.0. The average molecular weight is 233 g/mol. The molecule has 0 amide bonds. The van der Waals surface area contributed by atoms with Gasteiger partial charge in [-0.2, -0.15) is 5.26 Å². The number of nitrogens with one attached hydrogen (secondary N) is 1. The zero-order valence-corrected chi connectivity index (χ0v) is 9.91. The molecule has 1 heterocycles. The second kappa shape index (κ2) is 5.15. The number of benzene rings is 1. The Kier molecular flexibility index (Phi) is 3.60. The number of hydrogen-bond donors (Lipinski definition) is 1. The number of hydrogen-bond acceptors (Lipinski definition) is 3. The molecule has 0 aromatic heterocycles. The number of nitrogens with zero attached hydrogens (tertiary/aromatic N) is 2. The molecule has 0 spiro atoms. The van der Waals surface area contributed by atoms with E-state index in [1.807, 2.05) is 18.0 Å². The van der Waals surface area contributed by atoms with Gasteiger partial charge in [0.05, 0.1) is 17.3 Å². The molecule has 0 atom stereocenters. The van der Waals surface area contributed by atoms with Crippen LogP contribution in [-0.2, 0) is 0 Å². The Bertz CT molecular complexity index is 433. The van der Waals surface area contributed by atoms with Crippen molar-refractivity contribution >= 4 is 5.69 Å². The zero-order valence-electron chi connectivity index (χ0n) is 9.91. The quantitative estimate of drug-likeness (QED) is 0.847. The van der Waals surface area contributed by atoms with Crippen LogP contribution in [0.15, 0.2) is 18.2 Å². The Morgan fingerprint density at radius 3 is 2.76 bits per heavy atom. The summed E-state index contributed by atoms with van der Waals surface area (Å²) in [4.78, 5) is 1.96. The third-order valence-corrected chi connectivity index (χ3v) is 3.31. The summed E-state index contributed by atoms with van der Waals surface area (Å²) < 4.78 is 13.7. The summed E-state index contributed by atoms with van der Waals surface area (Å²) in [6.07, 6.45) is 2.01. The molecule has 0 bridgehead atoms. The van der Waals surface area contributed by atoms with Crippen LogP contribution in [0.5, 0.6) is 0 Å².